The summed E-state index contributed by atoms with van der Waals surface area (Å²) in [6, 6.07) is 0.705. The van der Waals surface area contributed by atoms with Crippen LogP contribution in [0.4, 0.5) is 19.1 Å². The highest BCUT2D eigenvalue weighted by atomic mass is 19.4. The Labute approximate surface area is 102 Å². The van der Waals surface area contributed by atoms with E-state index in [1.165, 1.54) is 0 Å². The minimum Gasteiger partial charge on any atom is -0.475 e. The third kappa shape index (κ3) is 4.74. The Hall–Kier alpha value is -1.57. The lowest BCUT2D eigenvalue weighted by Gasteiger charge is -2.09. The minimum absolute atomic E-state index is 0.105. The quantitative estimate of drug-likeness (QED) is 0.795. The third-order valence-corrected chi connectivity index (χ3v) is 1.84. The second kappa shape index (κ2) is 6.39. The van der Waals surface area contributed by atoms with Gasteiger partial charge in [-0.3, -0.25) is 0 Å². The molecule has 0 fully saturated rings. The number of aromatic nitrogens is 2. The van der Waals surface area contributed by atoms with Crippen LogP contribution in [-0.2, 0) is 10.9 Å². The maximum Gasteiger partial charge on any atom is 0.433 e. The molecule has 18 heavy (non-hydrogen) atoms. The standard InChI is InChI=1S/C10H14F3N3O2/c1-2-3-17-4-5-18-8-6-7(10(11,12)13)15-9(14)16-8/h6H,2-5H2,1H3,(H2,14,15,16). The molecule has 102 valence electrons. The van der Waals surface area contributed by atoms with E-state index in [2.05, 4.69) is 9.97 Å². The van der Waals surface area contributed by atoms with Gasteiger partial charge in [-0.2, -0.15) is 18.2 Å². The van der Waals surface area contributed by atoms with Crippen molar-refractivity contribution in [2.45, 2.75) is 19.5 Å². The molecule has 1 aromatic heterocycles. The first-order chi connectivity index (χ1) is 8.43. The van der Waals surface area contributed by atoms with Crippen LogP contribution in [0, 0.1) is 0 Å². The molecule has 0 aliphatic rings. The molecule has 0 atom stereocenters. The number of halogens is 3. The first-order valence-corrected chi connectivity index (χ1v) is 5.35. The molecule has 0 aliphatic carbocycles. The van der Waals surface area contributed by atoms with Crippen LogP contribution in [0.25, 0.3) is 0 Å². The first-order valence-electron chi connectivity index (χ1n) is 5.35. The molecule has 0 saturated carbocycles. The molecule has 0 saturated heterocycles. The van der Waals surface area contributed by atoms with E-state index in [-0.39, 0.29) is 19.1 Å². The van der Waals surface area contributed by atoms with Crippen LogP contribution in [0.15, 0.2) is 6.07 Å². The van der Waals surface area contributed by atoms with Gasteiger partial charge in [0.2, 0.25) is 11.8 Å². The SMILES string of the molecule is CCCOCCOc1cc(C(F)(F)F)nc(N)n1. The number of ether oxygens (including phenoxy) is 2. The van der Waals surface area contributed by atoms with Gasteiger partial charge in [-0.15, -0.1) is 0 Å². The summed E-state index contributed by atoms with van der Waals surface area (Å²) >= 11 is 0. The molecular weight excluding hydrogens is 251 g/mol. The second-order valence-corrected chi connectivity index (χ2v) is 3.41. The van der Waals surface area contributed by atoms with E-state index in [1.807, 2.05) is 6.92 Å². The molecule has 0 aromatic carbocycles. The molecular formula is C10H14F3N3O2. The van der Waals surface area contributed by atoms with Gasteiger partial charge in [0, 0.05) is 12.7 Å². The first kappa shape index (κ1) is 14.5. The highest BCUT2D eigenvalue weighted by Gasteiger charge is 2.33. The third-order valence-electron chi connectivity index (χ3n) is 1.84. The number of hydrogen-bond acceptors (Lipinski definition) is 5. The van der Waals surface area contributed by atoms with Crippen LogP contribution in [0.1, 0.15) is 19.0 Å². The van der Waals surface area contributed by atoms with Crippen LogP contribution in [-0.4, -0.2) is 29.8 Å². The van der Waals surface area contributed by atoms with Crippen molar-refractivity contribution in [3.8, 4) is 5.88 Å². The van der Waals surface area contributed by atoms with Crippen molar-refractivity contribution in [1.82, 2.24) is 9.97 Å². The number of nitrogens with zero attached hydrogens (tertiary/aromatic N) is 2. The molecule has 1 rings (SSSR count). The van der Waals surface area contributed by atoms with Gasteiger partial charge in [0.25, 0.3) is 0 Å². The summed E-state index contributed by atoms with van der Waals surface area (Å²) < 4.78 is 47.4. The summed E-state index contributed by atoms with van der Waals surface area (Å²) in [6.45, 7) is 2.90. The Balaban J connectivity index is 2.58. The molecule has 2 N–H and O–H groups in total. The Morgan fingerprint density at radius 3 is 2.56 bits per heavy atom. The van der Waals surface area contributed by atoms with Gasteiger partial charge in [0.15, 0.2) is 5.69 Å². The predicted octanol–water partition coefficient (Wildman–Crippen LogP) is 1.88. The average Bonchev–Trinajstić information content (AvgIpc) is 2.27. The van der Waals surface area contributed by atoms with E-state index in [0.29, 0.717) is 12.7 Å². The normalized spacial score (nSPS) is 11.6. The fourth-order valence-corrected chi connectivity index (χ4v) is 1.11. The van der Waals surface area contributed by atoms with Crippen LogP contribution < -0.4 is 10.5 Å². The van der Waals surface area contributed by atoms with Crippen molar-refractivity contribution in [2.24, 2.45) is 0 Å². The van der Waals surface area contributed by atoms with Crippen molar-refractivity contribution < 1.29 is 22.6 Å². The number of nitrogens with two attached hydrogens (primary N) is 1. The zero-order chi connectivity index (χ0) is 13.6. The Bertz CT molecular complexity index is 385. The lowest BCUT2D eigenvalue weighted by molar-refractivity contribution is -0.141. The summed E-state index contributed by atoms with van der Waals surface area (Å²) in [7, 11) is 0. The summed E-state index contributed by atoms with van der Waals surface area (Å²) in [5, 5.41) is 0. The van der Waals surface area contributed by atoms with Crippen LogP contribution in [0.2, 0.25) is 0 Å². The number of hydrogen-bond donors (Lipinski definition) is 1. The van der Waals surface area contributed by atoms with E-state index in [9.17, 15) is 13.2 Å². The van der Waals surface area contributed by atoms with Crippen LogP contribution >= 0.6 is 0 Å². The molecule has 0 radical (unpaired) electrons. The maximum absolute atomic E-state index is 12.4. The summed E-state index contributed by atoms with van der Waals surface area (Å²) in [6.07, 6.45) is -3.72. The number of rotatable bonds is 6. The highest BCUT2D eigenvalue weighted by molar-refractivity contribution is 5.27. The van der Waals surface area contributed by atoms with Crippen molar-refractivity contribution in [3.63, 3.8) is 0 Å². The lowest BCUT2D eigenvalue weighted by atomic mass is 10.4. The van der Waals surface area contributed by atoms with Gasteiger partial charge in [-0.1, -0.05) is 6.92 Å². The monoisotopic (exact) mass is 265 g/mol. The van der Waals surface area contributed by atoms with Gasteiger partial charge in [-0.05, 0) is 6.42 Å². The zero-order valence-electron chi connectivity index (χ0n) is 9.83. The van der Waals surface area contributed by atoms with E-state index in [4.69, 9.17) is 15.2 Å². The van der Waals surface area contributed by atoms with Gasteiger partial charge in [0.05, 0.1) is 6.61 Å². The molecule has 0 spiro atoms. The van der Waals surface area contributed by atoms with Crippen molar-refractivity contribution in [3.05, 3.63) is 11.8 Å². The van der Waals surface area contributed by atoms with Gasteiger partial charge in [0.1, 0.15) is 6.61 Å². The molecule has 5 nitrogen and oxygen atoms in total. The molecule has 0 aliphatic heterocycles. The van der Waals surface area contributed by atoms with Crippen LogP contribution in [0.3, 0.4) is 0 Å². The smallest absolute Gasteiger partial charge is 0.433 e. The van der Waals surface area contributed by atoms with Crippen molar-refractivity contribution >= 4 is 5.95 Å². The summed E-state index contributed by atoms with van der Waals surface area (Å²) in [5.74, 6) is -0.691. The number of anilines is 1. The van der Waals surface area contributed by atoms with E-state index in [0.717, 1.165) is 6.42 Å². The number of alkyl halides is 3. The van der Waals surface area contributed by atoms with Crippen molar-refractivity contribution in [2.75, 3.05) is 25.6 Å². The van der Waals surface area contributed by atoms with Gasteiger partial charge < -0.3 is 15.2 Å². The fraction of sp³-hybridized carbons (Fsp3) is 0.600. The summed E-state index contributed by atoms with van der Waals surface area (Å²) in [5.41, 5.74) is 4.05. The molecule has 1 aromatic rings. The van der Waals surface area contributed by atoms with Gasteiger partial charge >= 0.3 is 6.18 Å². The Kier molecular flexibility index (Phi) is 5.14. The maximum atomic E-state index is 12.4. The molecule has 0 bridgehead atoms. The second-order valence-electron chi connectivity index (χ2n) is 3.41. The van der Waals surface area contributed by atoms with Gasteiger partial charge in [-0.25, -0.2) is 4.98 Å². The fourth-order valence-electron chi connectivity index (χ4n) is 1.11. The molecule has 1 heterocycles. The Morgan fingerprint density at radius 1 is 1.22 bits per heavy atom. The molecule has 0 unspecified atom stereocenters. The zero-order valence-corrected chi connectivity index (χ0v) is 9.83. The van der Waals surface area contributed by atoms with E-state index >= 15 is 0 Å². The van der Waals surface area contributed by atoms with Crippen LogP contribution in [0.5, 0.6) is 5.88 Å². The van der Waals surface area contributed by atoms with Crippen molar-refractivity contribution in [1.29, 1.82) is 0 Å². The minimum atomic E-state index is -4.58. The molecule has 8 heteroatoms. The lowest BCUT2D eigenvalue weighted by Crippen LogP contribution is -2.13. The largest absolute Gasteiger partial charge is 0.475 e. The van der Waals surface area contributed by atoms with E-state index < -0.39 is 17.8 Å². The topological polar surface area (TPSA) is 70.3 Å². The summed E-state index contributed by atoms with van der Waals surface area (Å²) in [4.78, 5) is 6.65. The average molecular weight is 265 g/mol. The highest BCUT2D eigenvalue weighted by Crippen LogP contribution is 2.29. The number of nitrogen functional groups attached to an aromatic ring is 1. The molecule has 0 amide bonds. The van der Waals surface area contributed by atoms with E-state index in [1.54, 1.807) is 0 Å². The Morgan fingerprint density at radius 2 is 1.94 bits per heavy atom. The predicted molar refractivity (Wildman–Crippen MR) is 58.1 cm³/mol.